The summed E-state index contributed by atoms with van der Waals surface area (Å²) in [4.78, 5) is 9.80. The SMILES string of the molecule is Cc1sc(-c2cc(C(F)(F)F)cc(C(F)(F)F)c2)nc1C1=C(c2nc(-c3cc(C(F)(F)F)cc(C(F)(F)F)c3)sc2C)CCC1. The molecule has 1 aliphatic rings. The van der Waals surface area contributed by atoms with Crippen LogP contribution in [0.1, 0.15) is 62.7 Å². The molecule has 45 heavy (non-hydrogen) atoms. The van der Waals surface area contributed by atoms with Crippen LogP contribution < -0.4 is 0 Å². The Morgan fingerprint density at radius 1 is 0.489 bits per heavy atom. The van der Waals surface area contributed by atoms with Gasteiger partial charge in [-0.2, -0.15) is 52.7 Å². The summed E-state index contributed by atoms with van der Waals surface area (Å²) < 4.78 is 161. The lowest BCUT2D eigenvalue weighted by Crippen LogP contribution is -2.11. The van der Waals surface area contributed by atoms with Crippen molar-refractivity contribution in [2.24, 2.45) is 0 Å². The summed E-state index contributed by atoms with van der Waals surface area (Å²) in [6.07, 6.45) is -18.8. The van der Waals surface area contributed by atoms with Crippen LogP contribution in [-0.2, 0) is 24.7 Å². The van der Waals surface area contributed by atoms with E-state index in [-0.39, 0.29) is 33.3 Å². The van der Waals surface area contributed by atoms with Crippen molar-refractivity contribution in [3.05, 3.63) is 79.8 Å². The van der Waals surface area contributed by atoms with E-state index < -0.39 is 47.0 Å². The molecular formula is C29H18F12N2S2. The van der Waals surface area contributed by atoms with E-state index in [0.29, 0.717) is 75.8 Å². The van der Waals surface area contributed by atoms with Crippen molar-refractivity contribution in [2.75, 3.05) is 0 Å². The van der Waals surface area contributed by atoms with E-state index in [1.54, 1.807) is 13.8 Å². The second-order valence-electron chi connectivity index (χ2n) is 10.2. The Bertz CT molecular complexity index is 1610. The molecule has 1 aliphatic carbocycles. The number of nitrogens with zero attached hydrogens (tertiary/aromatic N) is 2. The van der Waals surface area contributed by atoms with Gasteiger partial charge >= 0.3 is 24.7 Å². The molecule has 0 radical (unpaired) electrons. The molecule has 0 fully saturated rings. The maximum atomic E-state index is 13.4. The molecule has 0 aliphatic heterocycles. The predicted octanol–water partition coefficient (Wildman–Crippen LogP) is 11.7. The first-order valence-electron chi connectivity index (χ1n) is 12.9. The number of thiazole rings is 2. The van der Waals surface area contributed by atoms with Crippen LogP contribution in [-0.4, -0.2) is 9.97 Å². The van der Waals surface area contributed by atoms with Crippen molar-refractivity contribution in [2.45, 2.75) is 57.8 Å². The molecule has 16 heteroatoms. The lowest BCUT2D eigenvalue weighted by atomic mass is 10.0. The fourth-order valence-electron chi connectivity index (χ4n) is 5.02. The largest absolute Gasteiger partial charge is 0.416 e. The zero-order chi connectivity index (χ0) is 33.3. The monoisotopic (exact) mass is 686 g/mol. The van der Waals surface area contributed by atoms with Gasteiger partial charge in [-0.1, -0.05) is 0 Å². The van der Waals surface area contributed by atoms with Gasteiger partial charge in [0.25, 0.3) is 0 Å². The zero-order valence-corrected chi connectivity index (χ0v) is 24.5. The lowest BCUT2D eigenvalue weighted by molar-refractivity contribution is -0.144. The number of aromatic nitrogens is 2. The van der Waals surface area contributed by atoms with Gasteiger partial charge in [0.2, 0.25) is 0 Å². The summed E-state index contributed by atoms with van der Waals surface area (Å²) in [5.74, 6) is 0. The maximum Gasteiger partial charge on any atom is 0.416 e. The van der Waals surface area contributed by atoms with Gasteiger partial charge in [0.1, 0.15) is 10.0 Å². The third-order valence-electron chi connectivity index (χ3n) is 7.05. The molecule has 0 N–H and O–H groups in total. The second kappa shape index (κ2) is 11.1. The Hall–Kier alpha value is -3.40. The molecule has 240 valence electrons. The topological polar surface area (TPSA) is 25.8 Å². The van der Waals surface area contributed by atoms with Gasteiger partial charge in [-0.25, -0.2) is 9.97 Å². The van der Waals surface area contributed by atoms with Crippen LogP contribution in [0.4, 0.5) is 52.7 Å². The number of allylic oxidation sites excluding steroid dienone is 2. The summed E-state index contributed by atoms with van der Waals surface area (Å²) in [7, 11) is 0. The van der Waals surface area contributed by atoms with Gasteiger partial charge in [-0.3, -0.25) is 0 Å². The Morgan fingerprint density at radius 3 is 1.04 bits per heavy atom. The molecule has 0 saturated carbocycles. The van der Waals surface area contributed by atoms with Crippen molar-refractivity contribution >= 4 is 33.8 Å². The van der Waals surface area contributed by atoms with Gasteiger partial charge in [0, 0.05) is 20.9 Å². The second-order valence-corrected chi connectivity index (χ2v) is 12.7. The normalized spacial score (nSPS) is 15.0. The van der Waals surface area contributed by atoms with Gasteiger partial charge in [-0.15, -0.1) is 22.7 Å². The van der Waals surface area contributed by atoms with Crippen LogP contribution in [0.3, 0.4) is 0 Å². The van der Waals surface area contributed by atoms with Crippen LogP contribution in [0.5, 0.6) is 0 Å². The first kappa shape index (κ1) is 33.0. The quantitative estimate of drug-likeness (QED) is 0.200. The molecule has 2 nitrogen and oxygen atoms in total. The molecule has 4 aromatic rings. The number of benzene rings is 2. The summed E-state index contributed by atoms with van der Waals surface area (Å²) in [6.45, 7) is 3.19. The molecule has 2 aromatic heterocycles. The molecule has 5 rings (SSSR count). The minimum atomic E-state index is -5.05. The van der Waals surface area contributed by atoms with Gasteiger partial charge in [0.15, 0.2) is 0 Å². The van der Waals surface area contributed by atoms with E-state index in [2.05, 4.69) is 9.97 Å². The van der Waals surface area contributed by atoms with E-state index >= 15 is 0 Å². The summed E-state index contributed by atoms with van der Waals surface area (Å²) in [5.41, 5.74) is -4.89. The smallest absolute Gasteiger partial charge is 0.236 e. The third kappa shape index (κ3) is 6.76. The maximum absolute atomic E-state index is 13.4. The average molecular weight is 687 g/mol. The minimum Gasteiger partial charge on any atom is -0.236 e. The van der Waals surface area contributed by atoms with Crippen molar-refractivity contribution in [1.29, 1.82) is 0 Å². The number of alkyl halides is 12. The van der Waals surface area contributed by atoms with E-state index in [1.807, 2.05) is 0 Å². The van der Waals surface area contributed by atoms with E-state index in [4.69, 9.17) is 0 Å². The average Bonchev–Trinajstić information content (AvgIpc) is 3.64. The van der Waals surface area contributed by atoms with Crippen molar-refractivity contribution < 1.29 is 52.7 Å². The molecule has 2 heterocycles. The van der Waals surface area contributed by atoms with Crippen LogP contribution in [0, 0.1) is 13.8 Å². The van der Waals surface area contributed by atoms with E-state index in [9.17, 15) is 52.7 Å². The highest BCUT2D eigenvalue weighted by molar-refractivity contribution is 7.15. The van der Waals surface area contributed by atoms with E-state index in [1.165, 1.54) is 0 Å². The van der Waals surface area contributed by atoms with Crippen molar-refractivity contribution in [3.8, 4) is 21.1 Å². The van der Waals surface area contributed by atoms with Crippen LogP contribution >= 0.6 is 22.7 Å². The molecule has 0 atom stereocenters. The Labute approximate surface area is 255 Å². The summed E-state index contributed by atoms with van der Waals surface area (Å²) in [6, 6.07) is 2.38. The highest BCUT2D eigenvalue weighted by Crippen LogP contribution is 2.47. The number of rotatable bonds is 4. The Kier molecular flexibility index (Phi) is 8.16. The summed E-state index contributed by atoms with van der Waals surface area (Å²) in [5, 5.41) is -0.172. The van der Waals surface area contributed by atoms with Gasteiger partial charge in [-0.05, 0) is 80.7 Å². The molecule has 2 aromatic carbocycles. The number of hydrogen-bond acceptors (Lipinski definition) is 4. The zero-order valence-electron chi connectivity index (χ0n) is 22.8. The van der Waals surface area contributed by atoms with E-state index in [0.717, 1.165) is 22.7 Å². The van der Waals surface area contributed by atoms with Crippen LogP contribution in [0.25, 0.3) is 32.3 Å². The molecule has 0 bridgehead atoms. The fraction of sp³-hybridized carbons (Fsp3) is 0.310. The number of hydrogen-bond donors (Lipinski definition) is 0. The van der Waals surface area contributed by atoms with Gasteiger partial charge < -0.3 is 0 Å². The standard InChI is InChI=1S/C29H18F12N2S2/c1-12-22(42-24(44-12)14-6-16(26(30,31)32)10-17(7-14)27(33,34)35)20-4-3-5-21(20)23-13(2)45-25(43-23)15-8-18(28(36,37)38)11-19(9-15)29(39,40)41/h6-11H,3-5H2,1-2H3. The van der Waals surface area contributed by atoms with Crippen LogP contribution in [0.15, 0.2) is 36.4 Å². The molecule has 0 amide bonds. The number of halogens is 12. The highest BCUT2D eigenvalue weighted by atomic mass is 32.1. The van der Waals surface area contributed by atoms with Gasteiger partial charge in [0.05, 0.1) is 33.6 Å². The lowest BCUT2D eigenvalue weighted by Gasteiger charge is -2.13. The first-order chi connectivity index (χ1) is 20.6. The third-order valence-corrected chi connectivity index (χ3v) is 9.09. The predicted molar refractivity (Wildman–Crippen MR) is 145 cm³/mol. The van der Waals surface area contributed by atoms with Crippen LogP contribution in [0.2, 0.25) is 0 Å². The highest BCUT2D eigenvalue weighted by Gasteiger charge is 2.39. The molecular weight excluding hydrogens is 668 g/mol. The fourth-order valence-corrected chi connectivity index (χ4v) is 6.88. The first-order valence-corrected chi connectivity index (χ1v) is 14.5. The van der Waals surface area contributed by atoms with Crippen molar-refractivity contribution in [1.82, 2.24) is 9.97 Å². The van der Waals surface area contributed by atoms with Crippen molar-refractivity contribution in [3.63, 3.8) is 0 Å². The Balaban J connectivity index is 1.60. The minimum absolute atomic E-state index is 0.0210. The molecule has 0 spiro atoms. The molecule has 0 unspecified atom stereocenters. The Morgan fingerprint density at radius 2 is 0.778 bits per heavy atom. The summed E-state index contributed by atoms with van der Waals surface area (Å²) >= 11 is 1.79. The number of aryl methyl sites for hydroxylation is 2. The molecule has 0 saturated heterocycles.